The number of amides is 2. The van der Waals surface area contributed by atoms with Crippen LogP contribution in [0, 0.1) is 0 Å². The molecule has 1 aliphatic heterocycles. The van der Waals surface area contributed by atoms with Crippen molar-refractivity contribution in [3.05, 3.63) is 83.2 Å². The number of nitrogens with one attached hydrogen (secondary N) is 1. The Morgan fingerprint density at radius 2 is 1.71 bits per heavy atom. The second-order valence-electron chi connectivity index (χ2n) is 7.95. The van der Waals surface area contributed by atoms with E-state index in [4.69, 9.17) is 14.2 Å². The lowest BCUT2D eigenvalue weighted by Crippen LogP contribution is -2.44. The summed E-state index contributed by atoms with van der Waals surface area (Å²) in [6.45, 7) is 0. The van der Waals surface area contributed by atoms with Crippen LogP contribution in [0.1, 0.15) is 43.8 Å². The molecule has 0 aliphatic carbocycles. The van der Waals surface area contributed by atoms with Crippen LogP contribution in [0.2, 0.25) is 0 Å². The van der Waals surface area contributed by atoms with Gasteiger partial charge >= 0.3 is 5.97 Å². The van der Waals surface area contributed by atoms with Crippen molar-refractivity contribution in [3.63, 3.8) is 0 Å². The molecule has 0 radical (unpaired) electrons. The summed E-state index contributed by atoms with van der Waals surface area (Å²) < 4.78 is 15.7. The highest BCUT2D eigenvalue weighted by molar-refractivity contribution is 6.07. The van der Waals surface area contributed by atoms with Gasteiger partial charge in [-0.15, -0.1) is 0 Å². The number of likely N-dealkylation sites (N-methyl/N-ethyl adjacent to an activating group) is 1. The summed E-state index contributed by atoms with van der Waals surface area (Å²) in [5.41, 5.74) is 2.01. The Hall–Kier alpha value is -4.40. The van der Waals surface area contributed by atoms with Crippen molar-refractivity contribution in [1.82, 2.24) is 9.88 Å². The Balaban J connectivity index is 1.88. The summed E-state index contributed by atoms with van der Waals surface area (Å²) in [5.74, 6) is -1.34. The van der Waals surface area contributed by atoms with Gasteiger partial charge in [0, 0.05) is 25.0 Å². The molecule has 4 rings (SSSR count). The monoisotopic (exact) mass is 475 g/mol. The first kappa shape index (κ1) is 23.7. The van der Waals surface area contributed by atoms with Gasteiger partial charge in [-0.05, 0) is 41.5 Å². The highest BCUT2D eigenvalue weighted by Crippen LogP contribution is 2.45. The fraction of sp³-hybridized carbons (Fsp3) is 0.231. The zero-order valence-electron chi connectivity index (χ0n) is 19.8. The number of esters is 1. The fourth-order valence-electron chi connectivity index (χ4n) is 4.39. The van der Waals surface area contributed by atoms with Crippen LogP contribution >= 0.6 is 0 Å². The largest absolute Gasteiger partial charge is 0.493 e. The Labute approximate surface area is 202 Å². The molecular weight excluding hydrogens is 450 g/mol. The Morgan fingerprint density at radius 3 is 2.37 bits per heavy atom. The third-order valence-corrected chi connectivity index (χ3v) is 6.07. The number of pyridine rings is 1. The molecule has 9 heteroatoms. The number of hydrogen-bond acceptors (Lipinski definition) is 7. The van der Waals surface area contributed by atoms with E-state index in [1.54, 1.807) is 61.9 Å². The van der Waals surface area contributed by atoms with Gasteiger partial charge in [0.25, 0.3) is 5.91 Å². The minimum Gasteiger partial charge on any atom is -0.493 e. The number of aromatic nitrogens is 1. The van der Waals surface area contributed by atoms with E-state index < -0.39 is 23.8 Å². The second kappa shape index (κ2) is 9.84. The average molecular weight is 476 g/mol. The first-order chi connectivity index (χ1) is 16.9. The normalized spacial score (nSPS) is 16.8. The number of carbonyl (C=O) groups excluding carboxylic acids is 3. The van der Waals surface area contributed by atoms with Crippen molar-refractivity contribution in [2.24, 2.45) is 0 Å². The first-order valence-electron chi connectivity index (χ1n) is 10.8. The molecule has 2 atom stereocenters. The van der Waals surface area contributed by atoms with E-state index in [0.29, 0.717) is 33.9 Å². The third kappa shape index (κ3) is 4.28. The van der Waals surface area contributed by atoms with Crippen molar-refractivity contribution in [3.8, 4) is 11.5 Å². The van der Waals surface area contributed by atoms with Crippen LogP contribution in [-0.2, 0) is 9.53 Å². The van der Waals surface area contributed by atoms with Gasteiger partial charge in [-0.25, -0.2) is 4.79 Å². The van der Waals surface area contributed by atoms with Gasteiger partial charge in [0.15, 0.2) is 11.5 Å². The first-order valence-corrected chi connectivity index (χ1v) is 10.8. The lowest BCUT2D eigenvalue weighted by atomic mass is 9.79. The molecule has 0 bridgehead atoms. The number of anilines is 1. The maximum Gasteiger partial charge on any atom is 0.339 e. The molecule has 0 fully saturated rings. The van der Waals surface area contributed by atoms with Crippen LogP contribution < -0.4 is 14.8 Å². The maximum atomic E-state index is 13.9. The van der Waals surface area contributed by atoms with Gasteiger partial charge in [-0.2, -0.15) is 0 Å². The number of benzene rings is 2. The molecule has 1 N–H and O–H groups in total. The maximum absolute atomic E-state index is 13.9. The minimum atomic E-state index is -0.845. The van der Waals surface area contributed by atoms with Crippen molar-refractivity contribution in [2.75, 3.05) is 33.7 Å². The second-order valence-corrected chi connectivity index (χ2v) is 7.95. The molecule has 2 aromatic carbocycles. The molecule has 0 spiro atoms. The molecule has 0 saturated heterocycles. The number of hydrogen-bond donors (Lipinski definition) is 1. The molecule has 2 heterocycles. The van der Waals surface area contributed by atoms with Crippen LogP contribution in [0.3, 0.4) is 0 Å². The van der Waals surface area contributed by atoms with Crippen LogP contribution in [-0.4, -0.2) is 56.0 Å². The van der Waals surface area contributed by atoms with E-state index in [9.17, 15) is 14.4 Å². The summed E-state index contributed by atoms with van der Waals surface area (Å²) in [6, 6.07) is 12.7. The zero-order chi connectivity index (χ0) is 25.1. The number of carbonyl (C=O) groups is 3. The molecule has 9 nitrogen and oxygen atoms in total. The summed E-state index contributed by atoms with van der Waals surface area (Å²) in [5, 5.41) is 2.87. The van der Waals surface area contributed by atoms with Crippen molar-refractivity contribution in [1.29, 1.82) is 0 Å². The number of para-hydroxylation sites is 1. The molecular formula is C26H25N3O6. The van der Waals surface area contributed by atoms with Crippen LogP contribution in [0.5, 0.6) is 11.5 Å². The summed E-state index contributed by atoms with van der Waals surface area (Å²) in [7, 11) is 5.88. The highest BCUT2D eigenvalue weighted by Gasteiger charge is 2.44. The van der Waals surface area contributed by atoms with E-state index in [0.717, 1.165) is 0 Å². The zero-order valence-corrected chi connectivity index (χ0v) is 19.8. The molecule has 2 amide bonds. The highest BCUT2D eigenvalue weighted by atomic mass is 16.5. The SMILES string of the molecule is COC(=O)c1ccccc1NC(=O)[C@H]1c2cc(OC)c(OC)cc2C(=O)N(C)[C@H]1c1cccnc1. The molecule has 0 unspecified atom stereocenters. The van der Waals surface area contributed by atoms with Crippen LogP contribution in [0.15, 0.2) is 60.9 Å². The van der Waals surface area contributed by atoms with Crippen LogP contribution in [0.4, 0.5) is 5.69 Å². The van der Waals surface area contributed by atoms with Gasteiger partial charge in [0.2, 0.25) is 5.91 Å². The molecule has 35 heavy (non-hydrogen) atoms. The molecule has 1 aliphatic rings. The lowest BCUT2D eigenvalue weighted by molar-refractivity contribution is -0.119. The smallest absolute Gasteiger partial charge is 0.339 e. The summed E-state index contributed by atoms with van der Waals surface area (Å²) in [6.07, 6.45) is 3.25. The number of methoxy groups -OCH3 is 3. The van der Waals surface area contributed by atoms with Crippen molar-refractivity contribution >= 4 is 23.5 Å². The predicted molar refractivity (Wildman–Crippen MR) is 128 cm³/mol. The predicted octanol–water partition coefficient (Wildman–Crippen LogP) is 3.43. The quantitative estimate of drug-likeness (QED) is 0.544. The van der Waals surface area contributed by atoms with Crippen molar-refractivity contribution in [2.45, 2.75) is 12.0 Å². The van der Waals surface area contributed by atoms with Gasteiger partial charge < -0.3 is 24.4 Å². The van der Waals surface area contributed by atoms with Gasteiger partial charge in [-0.1, -0.05) is 18.2 Å². The average Bonchev–Trinajstić information content (AvgIpc) is 2.90. The van der Waals surface area contributed by atoms with Crippen molar-refractivity contribution < 1.29 is 28.6 Å². The molecule has 3 aromatic rings. The molecule has 180 valence electrons. The molecule has 0 saturated carbocycles. The number of rotatable bonds is 6. The number of fused-ring (bicyclic) bond motifs is 1. The lowest BCUT2D eigenvalue weighted by Gasteiger charge is -2.40. The Bertz CT molecular complexity index is 1280. The summed E-state index contributed by atoms with van der Waals surface area (Å²) >= 11 is 0. The number of nitrogens with zero attached hydrogens (tertiary/aromatic N) is 2. The Kier molecular flexibility index (Phi) is 6.68. The van der Waals surface area contributed by atoms with E-state index in [2.05, 4.69) is 10.3 Å². The topological polar surface area (TPSA) is 107 Å². The summed E-state index contributed by atoms with van der Waals surface area (Å²) in [4.78, 5) is 45.2. The van der Waals surface area contributed by atoms with E-state index >= 15 is 0 Å². The van der Waals surface area contributed by atoms with Gasteiger partial charge in [-0.3, -0.25) is 14.6 Å². The van der Waals surface area contributed by atoms with E-state index in [-0.39, 0.29) is 11.5 Å². The molecule has 1 aromatic heterocycles. The van der Waals surface area contributed by atoms with Crippen LogP contribution in [0.25, 0.3) is 0 Å². The standard InChI is InChI=1S/C26H25N3O6/c1-29-23(15-8-7-11-27-14-15)22(17-12-20(33-2)21(34-3)13-18(17)25(29)31)24(30)28-19-10-6-5-9-16(19)26(32)35-4/h5-14,22-23H,1-4H3,(H,28,30)/t22-,23-/m0/s1. The Morgan fingerprint density at radius 1 is 1.00 bits per heavy atom. The van der Waals surface area contributed by atoms with E-state index in [1.807, 2.05) is 6.07 Å². The van der Waals surface area contributed by atoms with Gasteiger partial charge in [0.1, 0.15) is 0 Å². The van der Waals surface area contributed by atoms with E-state index in [1.165, 1.54) is 26.2 Å². The fourth-order valence-corrected chi connectivity index (χ4v) is 4.39. The third-order valence-electron chi connectivity index (χ3n) is 6.07. The van der Waals surface area contributed by atoms with Gasteiger partial charge in [0.05, 0.1) is 44.5 Å². The minimum absolute atomic E-state index is 0.217. The number of ether oxygens (including phenoxy) is 3.